The molecule has 0 fully saturated rings. The molecule has 18 heavy (non-hydrogen) atoms. The Morgan fingerprint density at radius 1 is 1.00 bits per heavy atom. The third-order valence-electron chi connectivity index (χ3n) is 2.43. The number of rotatable bonds is 2. The van der Waals surface area contributed by atoms with E-state index in [1.54, 1.807) is 18.2 Å². The third-order valence-corrected chi connectivity index (χ3v) is 3.42. The summed E-state index contributed by atoms with van der Waals surface area (Å²) in [7, 11) is 0. The SMILES string of the molecule is Nc1cc(Br)ccc1C(=O)c1cc(Br)ccc1F. The maximum Gasteiger partial charge on any atom is 0.198 e. The van der Waals surface area contributed by atoms with E-state index >= 15 is 0 Å². The highest BCUT2D eigenvalue weighted by Crippen LogP contribution is 2.24. The van der Waals surface area contributed by atoms with Gasteiger partial charge in [0.2, 0.25) is 0 Å². The van der Waals surface area contributed by atoms with Crippen LogP contribution >= 0.6 is 31.9 Å². The Labute approximate surface area is 120 Å². The van der Waals surface area contributed by atoms with Gasteiger partial charge in [0.15, 0.2) is 5.78 Å². The molecule has 0 atom stereocenters. The summed E-state index contributed by atoms with van der Waals surface area (Å²) in [6.07, 6.45) is 0. The van der Waals surface area contributed by atoms with Crippen molar-refractivity contribution in [3.05, 3.63) is 62.3 Å². The van der Waals surface area contributed by atoms with Crippen LogP contribution in [0.2, 0.25) is 0 Å². The molecule has 2 nitrogen and oxygen atoms in total. The quantitative estimate of drug-likeness (QED) is 0.635. The van der Waals surface area contributed by atoms with Crippen molar-refractivity contribution < 1.29 is 9.18 Å². The van der Waals surface area contributed by atoms with Gasteiger partial charge in [0, 0.05) is 20.2 Å². The molecule has 92 valence electrons. The Kier molecular flexibility index (Phi) is 3.82. The van der Waals surface area contributed by atoms with Gasteiger partial charge in [-0.25, -0.2) is 4.39 Å². The predicted octanol–water partition coefficient (Wildman–Crippen LogP) is 4.16. The Morgan fingerprint density at radius 3 is 2.28 bits per heavy atom. The van der Waals surface area contributed by atoms with E-state index in [0.717, 1.165) is 4.47 Å². The van der Waals surface area contributed by atoms with E-state index < -0.39 is 11.6 Å². The number of carbonyl (C=O) groups excluding carboxylic acids is 1. The van der Waals surface area contributed by atoms with E-state index in [9.17, 15) is 9.18 Å². The first-order valence-corrected chi connectivity index (χ1v) is 6.62. The summed E-state index contributed by atoms with van der Waals surface area (Å²) < 4.78 is 15.0. The maximum atomic E-state index is 13.6. The van der Waals surface area contributed by atoms with E-state index in [2.05, 4.69) is 31.9 Å². The number of carbonyl (C=O) groups is 1. The Hall–Kier alpha value is -1.20. The van der Waals surface area contributed by atoms with Crippen molar-refractivity contribution >= 4 is 43.3 Å². The van der Waals surface area contributed by atoms with Crippen LogP contribution in [0.1, 0.15) is 15.9 Å². The highest BCUT2D eigenvalue weighted by Gasteiger charge is 2.16. The molecular weight excluding hydrogens is 365 g/mol. The van der Waals surface area contributed by atoms with E-state index in [0.29, 0.717) is 10.2 Å². The average Bonchev–Trinajstić information content (AvgIpc) is 2.31. The largest absolute Gasteiger partial charge is 0.398 e. The molecule has 0 aliphatic carbocycles. The number of benzene rings is 2. The van der Waals surface area contributed by atoms with Crippen LogP contribution in [0.25, 0.3) is 0 Å². The molecule has 0 radical (unpaired) electrons. The molecule has 0 unspecified atom stereocenters. The summed E-state index contributed by atoms with van der Waals surface area (Å²) >= 11 is 6.46. The predicted molar refractivity (Wildman–Crippen MR) is 76.1 cm³/mol. The van der Waals surface area contributed by atoms with Gasteiger partial charge < -0.3 is 5.73 Å². The lowest BCUT2D eigenvalue weighted by Gasteiger charge is -2.06. The number of halogens is 3. The molecule has 0 aliphatic rings. The molecule has 0 aliphatic heterocycles. The maximum absolute atomic E-state index is 13.6. The van der Waals surface area contributed by atoms with Crippen LogP contribution in [0, 0.1) is 5.82 Å². The van der Waals surface area contributed by atoms with Crippen LogP contribution in [-0.2, 0) is 0 Å². The van der Waals surface area contributed by atoms with Crippen molar-refractivity contribution in [2.24, 2.45) is 0 Å². The summed E-state index contributed by atoms with van der Waals surface area (Å²) in [6.45, 7) is 0. The highest BCUT2D eigenvalue weighted by molar-refractivity contribution is 9.10. The zero-order chi connectivity index (χ0) is 13.3. The minimum atomic E-state index is -0.564. The van der Waals surface area contributed by atoms with Crippen molar-refractivity contribution in [1.82, 2.24) is 0 Å². The highest BCUT2D eigenvalue weighted by atomic mass is 79.9. The van der Waals surface area contributed by atoms with E-state index in [1.807, 2.05) is 0 Å². The van der Waals surface area contributed by atoms with Gasteiger partial charge in [-0.15, -0.1) is 0 Å². The molecule has 2 rings (SSSR count). The molecule has 2 aromatic carbocycles. The molecular formula is C13H8Br2FNO. The monoisotopic (exact) mass is 371 g/mol. The van der Waals surface area contributed by atoms with Crippen LogP contribution in [-0.4, -0.2) is 5.78 Å². The van der Waals surface area contributed by atoms with Gasteiger partial charge in [0.05, 0.1) is 5.56 Å². The lowest BCUT2D eigenvalue weighted by Crippen LogP contribution is -2.07. The van der Waals surface area contributed by atoms with Gasteiger partial charge in [-0.2, -0.15) is 0 Å². The Bertz CT molecular complexity index is 628. The van der Waals surface area contributed by atoms with Crippen LogP contribution in [0.4, 0.5) is 10.1 Å². The van der Waals surface area contributed by atoms with Gasteiger partial charge in [0.1, 0.15) is 5.82 Å². The molecule has 0 saturated carbocycles. The number of nitrogen functional groups attached to an aromatic ring is 1. The normalized spacial score (nSPS) is 10.4. The van der Waals surface area contributed by atoms with Crippen molar-refractivity contribution in [3.63, 3.8) is 0 Å². The second-order valence-electron chi connectivity index (χ2n) is 3.68. The summed E-state index contributed by atoms with van der Waals surface area (Å²) in [5.74, 6) is -0.996. The minimum absolute atomic E-state index is 0.00148. The molecule has 2 aromatic rings. The van der Waals surface area contributed by atoms with E-state index in [-0.39, 0.29) is 11.1 Å². The standard InChI is InChI=1S/C13H8Br2FNO/c14-7-2-4-11(16)10(5-7)13(18)9-3-1-8(15)6-12(9)17/h1-6H,17H2. The number of hydrogen-bond acceptors (Lipinski definition) is 2. The number of anilines is 1. The molecule has 0 bridgehead atoms. The summed E-state index contributed by atoms with van der Waals surface area (Å²) in [5, 5.41) is 0. The molecule has 0 aromatic heterocycles. The molecule has 0 saturated heterocycles. The van der Waals surface area contributed by atoms with Gasteiger partial charge in [-0.1, -0.05) is 31.9 Å². The van der Waals surface area contributed by atoms with Crippen LogP contribution < -0.4 is 5.73 Å². The smallest absolute Gasteiger partial charge is 0.198 e. The zero-order valence-corrected chi connectivity index (χ0v) is 12.3. The minimum Gasteiger partial charge on any atom is -0.398 e. The van der Waals surface area contributed by atoms with Crippen molar-refractivity contribution in [3.8, 4) is 0 Å². The van der Waals surface area contributed by atoms with E-state index in [4.69, 9.17) is 5.73 Å². The topological polar surface area (TPSA) is 43.1 Å². The first-order chi connectivity index (χ1) is 8.49. The Morgan fingerprint density at radius 2 is 1.61 bits per heavy atom. The van der Waals surface area contributed by atoms with Gasteiger partial charge in [0.25, 0.3) is 0 Å². The van der Waals surface area contributed by atoms with Crippen molar-refractivity contribution in [2.45, 2.75) is 0 Å². The fourth-order valence-corrected chi connectivity index (χ4v) is 2.30. The fraction of sp³-hybridized carbons (Fsp3) is 0. The number of hydrogen-bond donors (Lipinski definition) is 1. The number of nitrogens with two attached hydrogens (primary N) is 1. The van der Waals surface area contributed by atoms with E-state index in [1.165, 1.54) is 18.2 Å². The fourth-order valence-electron chi connectivity index (χ4n) is 1.56. The Balaban J connectivity index is 2.51. The second-order valence-corrected chi connectivity index (χ2v) is 5.52. The lowest BCUT2D eigenvalue weighted by molar-refractivity contribution is 0.103. The first kappa shape index (κ1) is 13.2. The number of ketones is 1. The molecule has 5 heteroatoms. The van der Waals surface area contributed by atoms with Crippen LogP contribution in [0.15, 0.2) is 45.3 Å². The summed E-state index contributed by atoms with van der Waals surface area (Å²) in [4.78, 5) is 12.2. The first-order valence-electron chi connectivity index (χ1n) is 5.04. The summed E-state index contributed by atoms with van der Waals surface area (Å²) in [5.41, 5.74) is 6.36. The molecule has 0 spiro atoms. The average molecular weight is 373 g/mol. The van der Waals surface area contributed by atoms with Crippen LogP contribution in [0.5, 0.6) is 0 Å². The van der Waals surface area contributed by atoms with Gasteiger partial charge in [-0.05, 0) is 36.4 Å². The van der Waals surface area contributed by atoms with Crippen LogP contribution in [0.3, 0.4) is 0 Å². The third kappa shape index (κ3) is 2.62. The zero-order valence-electron chi connectivity index (χ0n) is 9.08. The van der Waals surface area contributed by atoms with Crippen molar-refractivity contribution in [1.29, 1.82) is 0 Å². The van der Waals surface area contributed by atoms with Crippen molar-refractivity contribution in [2.75, 3.05) is 5.73 Å². The molecule has 0 heterocycles. The molecule has 0 amide bonds. The van der Waals surface area contributed by atoms with Gasteiger partial charge >= 0.3 is 0 Å². The lowest BCUT2D eigenvalue weighted by atomic mass is 10.0. The van der Waals surface area contributed by atoms with Gasteiger partial charge in [-0.3, -0.25) is 4.79 Å². The molecule has 2 N–H and O–H groups in total. The second kappa shape index (κ2) is 5.20. The summed E-state index contributed by atoms with van der Waals surface area (Å²) in [6, 6.07) is 9.10.